The molecule has 0 fully saturated rings. The molecule has 0 heterocycles. The van der Waals surface area contributed by atoms with Crippen LogP contribution in [0.4, 0.5) is 8.78 Å². The number of halogens is 2. The first-order valence-electron chi connectivity index (χ1n) is 2.87. The molecule has 0 aromatic carbocycles. The maximum Gasteiger partial charge on any atom is 0.162 e. The quantitative estimate of drug-likeness (QED) is 0.455. The van der Waals surface area contributed by atoms with Gasteiger partial charge in [0.1, 0.15) is 11.7 Å². The van der Waals surface area contributed by atoms with Crippen molar-refractivity contribution in [2.24, 2.45) is 0 Å². The molecule has 1 nitrogen and oxygen atoms in total. The molecule has 0 saturated heterocycles. The lowest BCUT2D eigenvalue weighted by atomic mass is 10.2. The Morgan fingerprint density at radius 2 is 1.82 bits per heavy atom. The molecule has 60 valence electrons. The first-order valence-corrected chi connectivity index (χ1v) is 2.87. The molecule has 0 radical (unpaired) electrons. The lowest BCUT2D eigenvalue weighted by Crippen LogP contribution is -1.94. The summed E-state index contributed by atoms with van der Waals surface area (Å²) in [7, 11) is 0. The molecule has 0 amide bonds. The van der Waals surface area contributed by atoms with E-state index in [-0.39, 0.29) is 5.57 Å². The van der Waals surface area contributed by atoms with E-state index in [9.17, 15) is 13.6 Å². The molecule has 0 aliphatic carbocycles. The van der Waals surface area contributed by atoms with Crippen LogP contribution in [0.25, 0.3) is 0 Å². The molecule has 0 aliphatic rings. The number of hydrogen-bond acceptors (Lipinski definition) is 1. The van der Waals surface area contributed by atoms with E-state index in [1.807, 2.05) is 0 Å². The van der Waals surface area contributed by atoms with E-state index in [1.165, 1.54) is 0 Å². The van der Waals surface area contributed by atoms with Crippen LogP contribution >= 0.6 is 0 Å². The van der Waals surface area contributed by atoms with Gasteiger partial charge >= 0.3 is 0 Å². The van der Waals surface area contributed by atoms with Gasteiger partial charge in [-0.3, -0.25) is 4.79 Å². The summed E-state index contributed by atoms with van der Waals surface area (Å²) in [5, 5.41) is 0. The fraction of sp³-hybridized carbons (Fsp3) is 0.125. The highest BCUT2D eigenvalue weighted by Crippen LogP contribution is 2.12. The zero-order valence-corrected chi connectivity index (χ0v) is 6.16. The Balaban J connectivity index is 4.49. The maximum atomic E-state index is 12.5. The zero-order valence-electron chi connectivity index (χ0n) is 6.16. The van der Waals surface area contributed by atoms with Gasteiger partial charge < -0.3 is 0 Å². The van der Waals surface area contributed by atoms with Crippen molar-refractivity contribution in [1.29, 1.82) is 0 Å². The summed E-state index contributed by atoms with van der Waals surface area (Å²) in [5.74, 6) is -2.45. The van der Waals surface area contributed by atoms with Crippen molar-refractivity contribution in [1.82, 2.24) is 0 Å². The monoisotopic (exact) mass is 158 g/mol. The third-order valence-corrected chi connectivity index (χ3v) is 0.997. The number of allylic oxidation sites excluding steroid dienone is 4. The van der Waals surface area contributed by atoms with Crippen LogP contribution in [0, 0.1) is 0 Å². The minimum atomic E-state index is -0.981. The van der Waals surface area contributed by atoms with Crippen LogP contribution in [0.2, 0.25) is 0 Å². The molecular formula is C8H8F2O. The number of rotatable bonds is 3. The van der Waals surface area contributed by atoms with Crippen molar-refractivity contribution in [2.75, 3.05) is 0 Å². The molecule has 0 N–H and O–H groups in total. The molecule has 0 rings (SSSR count). The Morgan fingerprint density at radius 1 is 1.36 bits per heavy atom. The van der Waals surface area contributed by atoms with E-state index in [2.05, 4.69) is 13.2 Å². The van der Waals surface area contributed by atoms with Crippen molar-refractivity contribution in [3.05, 3.63) is 36.5 Å². The van der Waals surface area contributed by atoms with Gasteiger partial charge in [0.25, 0.3) is 0 Å². The summed E-state index contributed by atoms with van der Waals surface area (Å²) < 4.78 is 24.5. The van der Waals surface area contributed by atoms with Gasteiger partial charge in [0.15, 0.2) is 5.78 Å². The van der Waals surface area contributed by atoms with Crippen molar-refractivity contribution in [3.63, 3.8) is 0 Å². The molecule has 0 spiro atoms. The topological polar surface area (TPSA) is 17.1 Å². The summed E-state index contributed by atoms with van der Waals surface area (Å²) in [5.41, 5.74) is -0.344. The molecule has 3 heteroatoms. The van der Waals surface area contributed by atoms with Crippen LogP contribution in [0.5, 0.6) is 0 Å². The molecule has 0 aromatic rings. The highest BCUT2D eigenvalue weighted by atomic mass is 19.1. The van der Waals surface area contributed by atoms with Crippen LogP contribution in [0.1, 0.15) is 6.92 Å². The van der Waals surface area contributed by atoms with Gasteiger partial charge in [-0.15, -0.1) is 0 Å². The third kappa shape index (κ3) is 3.45. The molecule has 11 heavy (non-hydrogen) atoms. The maximum absolute atomic E-state index is 12.5. The van der Waals surface area contributed by atoms with Gasteiger partial charge in [0, 0.05) is 11.6 Å². The Bertz CT molecular complexity index is 238. The van der Waals surface area contributed by atoms with Crippen LogP contribution in [0.15, 0.2) is 36.5 Å². The van der Waals surface area contributed by atoms with Crippen molar-refractivity contribution >= 4 is 5.78 Å². The van der Waals surface area contributed by atoms with Crippen LogP contribution in [-0.2, 0) is 4.79 Å². The van der Waals surface area contributed by atoms with Crippen molar-refractivity contribution in [2.45, 2.75) is 6.92 Å². The Hall–Kier alpha value is -1.25. The molecule has 0 aliphatic heterocycles. The summed E-state index contributed by atoms with van der Waals surface area (Å²) in [6.45, 7) is 7.06. The smallest absolute Gasteiger partial charge is 0.162 e. The van der Waals surface area contributed by atoms with Gasteiger partial charge in [0.05, 0.1) is 0 Å². The number of Topliss-reactive ketones (excluding diaryl/α,β-unsaturated/α-hetero) is 1. The van der Waals surface area contributed by atoms with E-state index >= 15 is 0 Å². The summed E-state index contributed by atoms with van der Waals surface area (Å²) in [6.07, 6.45) is 0.518. The Labute approximate surface area is 63.7 Å². The fourth-order valence-corrected chi connectivity index (χ4v) is 0.393. The lowest BCUT2D eigenvalue weighted by Gasteiger charge is -1.94. The SMILES string of the molecule is C=C(F)/C=C(/F)C(=C)C(C)=O. The minimum Gasteiger partial charge on any atom is -0.294 e. The van der Waals surface area contributed by atoms with Gasteiger partial charge in [0.2, 0.25) is 0 Å². The summed E-state index contributed by atoms with van der Waals surface area (Å²) >= 11 is 0. The summed E-state index contributed by atoms with van der Waals surface area (Å²) in [6, 6.07) is 0. The highest BCUT2D eigenvalue weighted by Gasteiger charge is 2.06. The second-order valence-corrected chi connectivity index (χ2v) is 1.97. The van der Waals surface area contributed by atoms with E-state index in [0.29, 0.717) is 6.08 Å². The molecular weight excluding hydrogens is 150 g/mol. The average molecular weight is 158 g/mol. The molecule has 0 saturated carbocycles. The largest absolute Gasteiger partial charge is 0.294 e. The molecule has 0 unspecified atom stereocenters. The first kappa shape index (κ1) is 9.75. The van der Waals surface area contributed by atoms with E-state index in [1.54, 1.807) is 0 Å². The summed E-state index contributed by atoms with van der Waals surface area (Å²) in [4.78, 5) is 10.4. The second-order valence-electron chi connectivity index (χ2n) is 1.97. The van der Waals surface area contributed by atoms with Crippen molar-refractivity contribution < 1.29 is 13.6 Å². The molecule has 0 aromatic heterocycles. The van der Waals surface area contributed by atoms with Crippen LogP contribution in [-0.4, -0.2) is 5.78 Å². The van der Waals surface area contributed by atoms with E-state index in [4.69, 9.17) is 0 Å². The first-order chi connectivity index (χ1) is 4.95. The number of hydrogen-bond donors (Lipinski definition) is 0. The zero-order chi connectivity index (χ0) is 9.02. The van der Waals surface area contributed by atoms with Crippen LogP contribution < -0.4 is 0 Å². The fourth-order valence-electron chi connectivity index (χ4n) is 0.393. The van der Waals surface area contributed by atoms with Gasteiger partial charge in [-0.1, -0.05) is 13.2 Å². The third-order valence-electron chi connectivity index (χ3n) is 0.997. The normalized spacial score (nSPS) is 11.0. The predicted octanol–water partition coefficient (Wildman–Crippen LogP) is 2.47. The number of carbonyl (C=O) groups excluding carboxylic acids is 1. The molecule has 0 atom stereocenters. The van der Waals surface area contributed by atoms with Gasteiger partial charge in [-0.2, -0.15) is 0 Å². The highest BCUT2D eigenvalue weighted by molar-refractivity contribution is 5.96. The van der Waals surface area contributed by atoms with E-state index in [0.717, 1.165) is 6.92 Å². The number of ketones is 1. The molecule has 0 bridgehead atoms. The van der Waals surface area contributed by atoms with Gasteiger partial charge in [-0.05, 0) is 6.92 Å². The van der Waals surface area contributed by atoms with Crippen LogP contribution in [0.3, 0.4) is 0 Å². The van der Waals surface area contributed by atoms with E-state index < -0.39 is 17.4 Å². The minimum absolute atomic E-state index is 0.344. The van der Waals surface area contributed by atoms with Gasteiger partial charge in [-0.25, -0.2) is 8.78 Å². The Kier molecular flexibility index (Phi) is 3.37. The average Bonchev–Trinajstić information content (AvgIpc) is 1.84. The number of carbonyl (C=O) groups is 1. The standard InChI is InChI=1S/C8H8F2O/c1-5(9)4-8(10)6(2)7(3)11/h4H,1-2H2,3H3/b8-4+. The Morgan fingerprint density at radius 3 is 2.09 bits per heavy atom. The van der Waals surface area contributed by atoms with Crippen molar-refractivity contribution in [3.8, 4) is 0 Å². The lowest BCUT2D eigenvalue weighted by molar-refractivity contribution is -0.113. The predicted molar refractivity (Wildman–Crippen MR) is 39.3 cm³/mol. The second kappa shape index (κ2) is 3.81.